The zero-order valence-electron chi connectivity index (χ0n) is 18.5. The number of nitrogens with zero attached hydrogens (tertiary/aromatic N) is 1. The zero-order chi connectivity index (χ0) is 22.6. The molecule has 2 aliphatic rings. The van der Waals surface area contributed by atoms with Crippen molar-refractivity contribution >= 4 is 17.6 Å². The third kappa shape index (κ3) is 4.90. The monoisotopic (exact) mass is 439 g/mol. The third-order valence-corrected chi connectivity index (χ3v) is 6.11. The molecule has 2 aromatic rings. The lowest BCUT2D eigenvalue weighted by atomic mass is 9.79. The molecule has 0 aliphatic carbocycles. The number of carbonyl (C=O) groups is 2. The molecule has 0 spiro atoms. The number of fused-ring (bicyclic) bond motifs is 1. The number of ether oxygens (including phenoxy) is 3. The van der Waals surface area contributed by atoms with E-state index in [-0.39, 0.29) is 11.9 Å². The van der Waals surface area contributed by atoms with Crippen molar-refractivity contribution in [3.8, 4) is 17.2 Å². The lowest BCUT2D eigenvalue weighted by Crippen LogP contribution is -2.49. The predicted molar refractivity (Wildman–Crippen MR) is 120 cm³/mol. The van der Waals surface area contributed by atoms with Crippen LogP contribution in [-0.4, -0.2) is 50.3 Å². The molecule has 0 atom stereocenters. The standard InChI is InChI=1S/C24H29N3O5/c1-24(22(28)25-16-17-3-6-19(30-2)7-4-17)9-11-27(12-10-24)23(29)26-18-5-8-20-21(15-18)32-14-13-31-20/h3-8,15H,9-14,16H2,1-2H3,(H,25,28)(H,26,29). The average Bonchev–Trinajstić information content (AvgIpc) is 2.83. The summed E-state index contributed by atoms with van der Waals surface area (Å²) in [4.78, 5) is 27.3. The molecule has 2 aliphatic heterocycles. The molecule has 2 aromatic carbocycles. The summed E-state index contributed by atoms with van der Waals surface area (Å²) in [5.74, 6) is 2.12. The molecule has 1 saturated heterocycles. The van der Waals surface area contributed by atoms with E-state index in [1.165, 1.54) is 0 Å². The van der Waals surface area contributed by atoms with Gasteiger partial charge in [0.05, 0.1) is 7.11 Å². The van der Waals surface area contributed by atoms with Crippen molar-refractivity contribution < 1.29 is 23.8 Å². The highest BCUT2D eigenvalue weighted by Gasteiger charge is 2.38. The largest absolute Gasteiger partial charge is 0.497 e. The Morgan fingerprint density at radius 3 is 2.41 bits per heavy atom. The second kappa shape index (κ2) is 9.38. The molecule has 170 valence electrons. The Balaban J connectivity index is 1.27. The van der Waals surface area contributed by atoms with E-state index in [2.05, 4.69) is 10.6 Å². The lowest BCUT2D eigenvalue weighted by Gasteiger charge is -2.38. The van der Waals surface area contributed by atoms with Gasteiger partial charge in [0.2, 0.25) is 5.91 Å². The van der Waals surface area contributed by atoms with E-state index in [1.54, 1.807) is 30.2 Å². The number of likely N-dealkylation sites (tertiary alicyclic amines) is 1. The molecule has 0 saturated carbocycles. The average molecular weight is 440 g/mol. The van der Waals surface area contributed by atoms with E-state index in [0.29, 0.717) is 62.9 Å². The summed E-state index contributed by atoms with van der Waals surface area (Å²) in [5.41, 5.74) is 1.17. The summed E-state index contributed by atoms with van der Waals surface area (Å²) >= 11 is 0. The maximum Gasteiger partial charge on any atom is 0.321 e. The molecule has 8 heteroatoms. The number of rotatable bonds is 5. The van der Waals surface area contributed by atoms with Crippen LogP contribution in [0.15, 0.2) is 42.5 Å². The third-order valence-electron chi connectivity index (χ3n) is 6.11. The predicted octanol–water partition coefficient (Wildman–Crippen LogP) is 3.42. The number of urea groups is 1. The molecule has 0 bridgehead atoms. The summed E-state index contributed by atoms with van der Waals surface area (Å²) in [5, 5.41) is 5.95. The molecular weight excluding hydrogens is 410 g/mol. The molecule has 2 N–H and O–H groups in total. The van der Waals surface area contributed by atoms with Gasteiger partial charge in [-0.3, -0.25) is 4.79 Å². The van der Waals surface area contributed by atoms with E-state index in [9.17, 15) is 9.59 Å². The highest BCUT2D eigenvalue weighted by molar-refractivity contribution is 5.90. The summed E-state index contributed by atoms with van der Waals surface area (Å²) in [6.45, 7) is 4.49. The zero-order valence-corrected chi connectivity index (χ0v) is 18.5. The molecule has 0 unspecified atom stereocenters. The SMILES string of the molecule is COc1ccc(CNC(=O)C2(C)CCN(C(=O)Nc3ccc4c(c3)OCCO4)CC2)cc1. The molecule has 4 rings (SSSR count). The molecular formula is C24H29N3O5. The minimum absolute atomic E-state index is 0.0141. The van der Waals surface area contributed by atoms with Crippen LogP contribution in [0.1, 0.15) is 25.3 Å². The first kappa shape index (κ1) is 21.8. The van der Waals surface area contributed by atoms with Crippen LogP contribution in [0.5, 0.6) is 17.2 Å². The number of amides is 3. The summed E-state index contributed by atoms with van der Waals surface area (Å²) in [7, 11) is 1.63. The van der Waals surface area contributed by atoms with Gasteiger partial charge in [-0.1, -0.05) is 19.1 Å². The Morgan fingerprint density at radius 1 is 1.03 bits per heavy atom. The van der Waals surface area contributed by atoms with Gasteiger partial charge in [0.1, 0.15) is 19.0 Å². The van der Waals surface area contributed by atoms with Gasteiger partial charge >= 0.3 is 6.03 Å². The quantitative estimate of drug-likeness (QED) is 0.745. The second-order valence-electron chi connectivity index (χ2n) is 8.37. The van der Waals surface area contributed by atoms with Gasteiger partial charge in [0, 0.05) is 36.8 Å². The summed E-state index contributed by atoms with van der Waals surface area (Å²) in [6, 6.07) is 12.8. The van der Waals surface area contributed by atoms with Crippen molar-refractivity contribution in [1.29, 1.82) is 0 Å². The highest BCUT2D eigenvalue weighted by Crippen LogP contribution is 2.34. The molecule has 0 radical (unpaired) electrons. The maximum atomic E-state index is 12.8. The number of benzene rings is 2. The van der Waals surface area contributed by atoms with Gasteiger partial charge in [-0.05, 0) is 42.7 Å². The first-order chi connectivity index (χ1) is 15.5. The Hall–Kier alpha value is -3.42. The minimum Gasteiger partial charge on any atom is -0.497 e. The molecule has 32 heavy (non-hydrogen) atoms. The molecule has 1 fully saturated rings. The van der Waals surface area contributed by atoms with Crippen LogP contribution < -0.4 is 24.8 Å². The van der Waals surface area contributed by atoms with Crippen molar-refractivity contribution in [2.75, 3.05) is 38.7 Å². The van der Waals surface area contributed by atoms with Crippen LogP contribution in [0.3, 0.4) is 0 Å². The highest BCUT2D eigenvalue weighted by atomic mass is 16.6. The molecule has 8 nitrogen and oxygen atoms in total. The number of piperidine rings is 1. The Kier molecular flexibility index (Phi) is 6.39. The van der Waals surface area contributed by atoms with Crippen molar-refractivity contribution in [3.63, 3.8) is 0 Å². The summed E-state index contributed by atoms with van der Waals surface area (Å²) in [6.07, 6.45) is 1.21. The maximum absolute atomic E-state index is 12.8. The fraction of sp³-hybridized carbons (Fsp3) is 0.417. The topological polar surface area (TPSA) is 89.1 Å². The van der Waals surface area contributed by atoms with Crippen LogP contribution in [0, 0.1) is 5.41 Å². The van der Waals surface area contributed by atoms with Crippen molar-refractivity contribution in [3.05, 3.63) is 48.0 Å². The van der Waals surface area contributed by atoms with E-state index in [0.717, 1.165) is 11.3 Å². The van der Waals surface area contributed by atoms with Crippen LogP contribution in [0.2, 0.25) is 0 Å². The number of hydrogen-bond acceptors (Lipinski definition) is 5. The number of carbonyl (C=O) groups excluding carboxylic acids is 2. The van der Waals surface area contributed by atoms with Crippen molar-refractivity contribution in [2.24, 2.45) is 5.41 Å². The molecule has 2 heterocycles. The minimum atomic E-state index is -0.500. The van der Waals surface area contributed by atoms with Crippen LogP contribution in [0.25, 0.3) is 0 Å². The van der Waals surface area contributed by atoms with Gasteiger partial charge in [-0.25, -0.2) is 4.79 Å². The smallest absolute Gasteiger partial charge is 0.321 e. The number of anilines is 1. The van der Waals surface area contributed by atoms with E-state index in [1.807, 2.05) is 31.2 Å². The number of hydrogen-bond donors (Lipinski definition) is 2. The first-order valence-corrected chi connectivity index (χ1v) is 10.8. The molecule has 3 amide bonds. The Bertz CT molecular complexity index is 968. The second-order valence-corrected chi connectivity index (χ2v) is 8.37. The normalized spacial score (nSPS) is 16.8. The van der Waals surface area contributed by atoms with E-state index >= 15 is 0 Å². The van der Waals surface area contributed by atoms with Gasteiger partial charge in [0.15, 0.2) is 11.5 Å². The molecule has 0 aromatic heterocycles. The van der Waals surface area contributed by atoms with Gasteiger partial charge in [0.25, 0.3) is 0 Å². The van der Waals surface area contributed by atoms with E-state index in [4.69, 9.17) is 14.2 Å². The van der Waals surface area contributed by atoms with Crippen molar-refractivity contribution in [1.82, 2.24) is 10.2 Å². The lowest BCUT2D eigenvalue weighted by molar-refractivity contribution is -0.132. The first-order valence-electron chi connectivity index (χ1n) is 10.8. The van der Waals surface area contributed by atoms with Crippen LogP contribution in [-0.2, 0) is 11.3 Å². The Morgan fingerprint density at radius 2 is 1.72 bits per heavy atom. The van der Waals surface area contributed by atoms with Gasteiger partial charge in [-0.15, -0.1) is 0 Å². The van der Waals surface area contributed by atoms with Gasteiger partial charge in [-0.2, -0.15) is 0 Å². The Labute approximate surface area is 187 Å². The van der Waals surface area contributed by atoms with Crippen LogP contribution >= 0.6 is 0 Å². The number of methoxy groups -OCH3 is 1. The number of nitrogens with one attached hydrogen (secondary N) is 2. The van der Waals surface area contributed by atoms with Crippen molar-refractivity contribution in [2.45, 2.75) is 26.3 Å². The van der Waals surface area contributed by atoms with E-state index < -0.39 is 5.41 Å². The van der Waals surface area contributed by atoms with Crippen LogP contribution in [0.4, 0.5) is 10.5 Å². The fourth-order valence-corrected chi connectivity index (χ4v) is 3.89. The van der Waals surface area contributed by atoms with Gasteiger partial charge < -0.3 is 29.7 Å². The fourth-order valence-electron chi connectivity index (χ4n) is 3.89. The summed E-state index contributed by atoms with van der Waals surface area (Å²) < 4.78 is 16.2.